The Kier molecular flexibility index (Phi) is 6.51. The number of esters is 1. The first-order valence-corrected chi connectivity index (χ1v) is 9.10. The molecule has 3 rings (SSSR count). The van der Waals surface area contributed by atoms with Crippen molar-refractivity contribution in [1.82, 2.24) is 10.2 Å². The van der Waals surface area contributed by atoms with Crippen LogP contribution < -0.4 is 5.32 Å². The van der Waals surface area contributed by atoms with Crippen LogP contribution in [0.3, 0.4) is 0 Å². The van der Waals surface area contributed by atoms with E-state index in [-0.39, 0.29) is 18.0 Å². The van der Waals surface area contributed by atoms with Crippen molar-refractivity contribution < 1.29 is 18.9 Å². The topological polar surface area (TPSA) is 120 Å². The average Bonchev–Trinajstić information content (AvgIpc) is 3.22. The third-order valence-corrected chi connectivity index (χ3v) is 4.09. The maximum atomic E-state index is 12.0. The maximum Gasteiger partial charge on any atom is 0.306 e. The second-order valence-corrected chi connectivity index (χ2v) is 6.25. The van der Waals surface area contributed by atoms with E-state index in [1.165, 1.54) is 6.07 Å². The lowest BCUT2D eigenvalue weighted by molar-refractivity contribution is -0.384. The molecule has 0 saturated carbocycles. The molecule has 0 aliphatic rings. The molecule has 0 radical (unpaired) electrons. The van der Waals surface area contributed by atoms with Gasteiger partial charge in [-0.2, -0.15) is 0 Å². The molecule has 0 aliphatic carbocycles. The zero-order chi connectivity index (χ0) is 20.6. The van der Waals surface area contributed by atoms with E-state index in [2.05, 4.69) is 15.5 Å². The molecule has 2 aromatic carbocycles. The molecule has 9 heteroatoms. The summed E-state index contributed by atoms with van der Waals surface area (Å²) in [6, 6.07) is 15.7. The van der Waals surface area contributed by atoms with Gasteiger partial charge in [-0.25, -0.2) is 0 Å². The highest BCUT2D eigenvalue weighted by Crippen LogP contribution is 2.24. The predicted octanol–water partition coefficient (Wildman–Crippen LogP) is 4.14. The van der Waals surface area contributed by atoms with Gasteiger partial charge in [0.25, 0.3) is 11.6 Å². The number of carbonyl (C=O) groups excluding carboxylic acids is 1. The number of anilines is 1. The molecule has 0 fully saturated rings. The first kappa shape index (κ1) is 20.0. The van der Waals surface area contributed by atoms with E-state index >= 15 is 0 Å². The lowest BCUT2D eigenvalue weighted by Gasteiger charge is -2.10. The third kappa shape index (κ3) is 5.38. The number of hydrogen-bond acceptors (Lipinski definition) is 8. The summed E-state index contributed by atoms with van der Waals surface area (Å²) in [6.07, 6.45) is -0.0652. The number of carbonyl (C=O) groups is 1. The van der Waals surface area contributed by atoms with Gasteiger partial charge in [0.2, 0.25) is 5.89 Å². The fourth-order valence-electron chi connectivity index (χ4n) is 2.64. The Bertz CT molecular complexity index is 974. The van der Waals surface area contributed by atoms with Crippen LogP contribution >= 0.6 is 0 Å². The predicted molar refractivity (Wildman–Crippen MR) is 105 cm³/mol. The summed E-state index contributed by atoms with van der Waals surface area (Å²) >= 11 is 0. The SMILES string of the molecule is C[C@H](OC(=O)CCCNc1ccccc1[N+](=O)[O-])c1nnc(-c2ccccc2)o1. The highest BCUT2D eigenvalue weighted by Gasteiger charge is 2.19. The van der Waals surface area contributed by atoms with Crippen LogP contribution in [-0.4, -0.2) is 27.6 Å². The molecule has 0 amide bonds. The van der Waals surface area contributed by atoms with Gasteiger partial charge in [-0.1, -0.05) is 30.3 Å². The van der Waals surface area contributed by atoms with Gasteiger partial charge in [0.05, 0.1) is 4.92 Å². The van der Waals surface area contributed by atoms with Gasteiger partial charge in [-0.05, 0) is 31.5 Å². The van der Waals surface area contributed by atoms with Crippen LogP contribution in [-0.2, 0) is 9.53 Å². The van der Waals surface area contributed by atoms with Gasteiger partial charge in [0.15, 0.2) is 6.10 Å². The van der Waals surface area contributed by atoms with Crippen LogP contribution in [0.1, 0.15) is 31.8 Å². The number of nitrogens with one attached hydrogen (secondary N) is 1. The van der Waals surface area contributed by atoms with Gasteiger partial charge in [0, 0.05) is 24.6 Å². The van der Waals surface area contributed by atoms with Gasteiger partial charge in [-0.15, -0.1) is 10.2 Å². The molecule has 0 spiro atoms. The Hall–Kier alpha value is -3.75. The summed E-state index contributed by atoms with van der Waals surface area (Å²) in [5.41, 5.74) is 1.19. The normalized spacial score (nSPS) is 11.6. The summed E-state index contributed by atoms with van der Waals surface area (Å²) < 4.78 is 10.9. The summed E-state index contributed by atoms with van der Waals surface area (Å²) in [6.45, 7) is 2.05. The second kappa shape index (κ2) is 9.45. The van der Waals surface area contributed by atoms with Crippen molar-refractivity contribution in [2.45, 2.75) is 25.9 Å². The minimum absolute atomic E-state index is 0.00527. The molecule has 1 atom stereocenters. The quantitative estimate of drug-likeness (QED) is 0.248. The number of nitrogens with zero attached hydrogens (tertiary/aromatic N) is 3. The smallest absolute Gasteiger partial charge is 0.306 e. The molecule has 0 saturated heterocycles. The molecule has 3 aromatic rings. The van der Waals surface area contributed by atoms with Crippen molar-refractivity contribution in [2.24, 2.45) is 0 Å². The van der Waals surface area contributed by atoms with Crippen LogP contribution in [0, 0.1) is 10.1 Å². The van der Waals surface area contributed by atoms with E-state index in [1.807, 2.05) is 30.3 Å². The van der Waals surface area contributed by atoms with Gasteiger partial charge in [0.1, 0.15) is 5.69 Å². The van der Waals surface area contributed by atoms with Crippen LogP contribution in [0.4, 0.5) is 11.4 Å². The van der Waals surface area contributed by atoms with Crippen molar-refractivity contribution in [2.75, 3.05) is 11.9 Å². The van der Waals surface area contributed by atoms with E-state index < -0.39 is 17.0 Å². The molecule has 150 valence electrons. The fourth-order valence-corrected chi connectivity index (χ4v) is 2.64. The van der Waals surface area contributed by atoms with Crippen LogP contribution in [0.5, 0.6) is 0 Å². The van der Waals surface area contributed by atoms with Crippen LogP contribution in [0.25, 0.3) is 11.5 Å². The number of para-hydroxylation sites is 2. The number of benzene rings is 2. The maximum absolute atomic E-state index is 12.0. The van der Waals surface area contributed by atoms with Gasteiger partial charge < -0.3 is 14.5 Å². The van der Waals surface area contributed by atoms with Crippen molar-refractivity contribution in [3.63, 3.8) is 0 Å². The number of nitro benzene ring substituents is 1. The minimum Gasteiger partial charge on any atom is -0.453 e. The lowest BCUT2D eigenvalue weighted by Crippen LogP contribution is -2.11. The summed E-state index contributed by atoms with van der Waals surface area (Å²) in [5, 5.41) is 21.9. The number of hydrogen-bond donors (Lipinski definition) is 1. The number of rotatable bonds is 9. The zero-order valence-electron chi connectivity index (χ0n) is 15.8. The fraction of sp³-hybridized carbons (Fsp3) is 0.250. The van der Waals surface area contributed by atoms with E-state index in [0.717, 1.165) is 5.56 Å². The highest BCUT2D eigenvalue weighted by atomic mass is 16.6. The molecular formula is C20H20N4O5. The minimum atomic E-state index is -0.671. The first-order chi connectivity index (χ1) is 14.0. The summed E-state index contributed by atoms with van der Waals surface area (Å²) in [7, 11) is 0. The standard InChI is InChI=1S/C20H20N4O5/c1-14(19-22-23-20(29-19)15-8-3-2-4-9-15)28-18(25)12-7-13-21-16-10-5-6-11-17(16)24(26)27/h2-6,8-11,14,21H,7,12-13H2,1H3/t14-/m0/s1. The highest BCUT2D eigenvalue weighted by molar-refractivity contribution is 5.69. The van der Waals surface area contributed by atoms with Crippen LogP contribution in [0.2, 0.25) is 0 Å². The van der Waals surface area contributed by atoms with E-state index in [9.17, 15) is 14.9 Å². The van der Waals surface area contributed by atoms with Crippen LogP contribution in [0.15, 0.2) is 59.0 Å². The molecule has 9 nitrogen and oxygen atoms in total. The Morgan fingerprint density at radius 3 is 2.66 bits per heavy atom. The number of nitro groups is 1. The Labute approximate surface area is 166 Å². The Morgan fingerprint density at radius 1 is 1.17 bits per heavy atom. The van der Waals surface area contributed by atoms with Crippen molar-refractivity contribution in [1.29, 1.82) is 0 Å². The summed E-state index contributed by atoms with van der Waals surface area (Å²) in [4.78, 5) is 22.6. The molecule has 1 aromatic heterocycles. The van der Waals surface area contributed by atoms with E-state index in [0.29, 0.717) is 24.5 Å². The molecule has 0 aliphatic heterocycles. The molecule has 1 N–H and O–H groups in total. The number of aromatic nitrogens is 2. The summed E-state index contributed by atoms with van der Waals surface area (Å²) in [5.74, 6) is 0.161. The molecule has 1 heterocycles. The molecule has 0 unspecified atom stereocenters. The van der Waals surface area contributed by atoms with Gasteiger partial charge in [-0.3, -0.25) is 14.9 Å². The third-order valence-electron chi connectivity index (χ3n) is 4.09. The Morgan fingerprint density at radius 2 is 1.90 bits per heavy atom. The second-order valence-electron chi connectivity index (χ2n) is 6.25. The zero-order valence-corrected chi connectivity index (χ0v) is 15.8. The average molecular weight is 396 g/mol. The molecular weight excluding hydrogens is 376 g/mol. The van der Waals surface area contributed by atoms with Crippen molar-refractivity contribution in [3.05, 3.63) is 70.6 Å². The first-order valence-electron chi connectivity index (χ1n) is 9.10. The van der Waals surface area contributed by atoms with Gasteiger partial charge >= 0.3 is 5.97 Å². The lowest BCUT2D eigenvalue weighted by atomic mass is 10.2. The van der Waals surface area contributed by atoms with Crippen molar-refractivity contribution in [3.8, 4) is 11.5 Å². The monoisotopic (exact) mass is 396 g/mol. The largest absolute Gasteiger partial charge is 0.453 e. The molecule has 0 bridgehead atoms. The van der Waals surface area contributed by atoms with Crippen molar-refractivity contribution >= 4 is 17.3 Å². The van der Waals surface area contributed by atoms with E-state index in [1.54, 1.807) is 25.1 Å². The Balaban J connectivity index is 1.45. The van der Waals surface area contributed by atoms with E-state index in [4.69, 9.17) is 9.15 Å². The number of ether oxygens (including phenoxy) is 1. The molecule has 29 heavy (non-hydrogen) atoms.